The number of pyridine rings is 1. The third kappa shape index (κ3) is 6.80. The van der Waals surface area contributed by atoms with Crippen LogP contribution < -0.4 is 5.32 Å². The highest BCUT2D eigenvalue weighted by Gasteiger charge is 2.23. The lowest BCUT2D eigenvalue weighted by atomic mass is 9.94. The first-order valence-electron chi connectivity index (χ1n) is 20.1. The second-order valence-electron chi connectivity index (χ2n) is 14.8. The zero-order chi connectivity index (χ0) is 40.4. The monoisotopic (exact) mass is 772 g/mol. The van der Waals surface area contributed by atoms with Gasteiger partial charge in [0.25, 0.3) is 0 Å². The van der Waals surface area contributed by atoms with Gasteiger partial charge in [0.05, 0.1) is 16.6 Å². The molecule has 7 aromatic carbocycles. The largest absolute Gasteiger partial charge is 0.344 e. The number of amidine groups is 2. The van der Waals surface area contributed by atoms with Crippen molar-refractivity contribution in [2.75, 3.05) is 0 Å². The van der Waals surface area contributed by atoms with E-state index in [0.29, 0.717) is 5.84 Å². The fourth-order valence-corrected chi connectivity index (χ4v) is 8.22. The summed E-state index contributed by atoms with van der Waals surface area (Å²) in [7, 11) is 0. The van der Waals surface area contributed by atoms with E-state index in [1.54, 1.807) is 6.20 Å². The summed E-state index contributed by atoms with van der Waals surface area (Å²) >= 11 is 0. The van der Waals surface area contributed by atoms with E-state index in [2.05, 4.69) is 150 Å². The average molecular weight is 773 g/mol. The number of allylic oxidation sites excluding steroid dienone is 2. The molecule has 1 aliphatic heterocycles. The van der Waals surface area contributed by atoms with Crippen LogP contribution >= 0.6 is 0 Å². The second kappa shape index (κ2) is 15.8. The molecule has 6 heteroatoms. The van der Waals surface area contributed by atoms with E-state index in [1.807, 2.05) is 67.7 Å². The van der Waals surface area contributed by atoms with Crippen LogP contribution in [0, 0.1) is 0 Å². The molecule has 286 valence electrons. The Balaban J connectivity index is 1.18. The maximum atomic E-state index is 5.26. The van der Waals surface area contributed by atoms with Gasteiger partial charge in [-0.05, 0) is 94.9 Å². The van der Waals surface area contributed by atoms with E-state index in [4.69, 9.17) is 20.0 Å². The SMILES string of the molecule is C=CN=C(/C=C\C)n1c2ccc(-c3cc(-c4ccccc4)cc(C4N=C(c5ccccc5)N=C(c5ccccc5)N4)c3)cc2c2cc(-c3cccc4cccnc34)ccc21. The minimum Gasteiger partial charge on any atom is -0.344 e. The smallest absolute Gasteiger partial charge is 0.159 e. The van der Waals surface area contributed by atoms with Gasteiger partial charge in [0.15, 0.2) is 5.84 Å². The Morgan fingerprint density at radius 1 is 0.617 bits per heavy atom. The Labute approximate surface area is 349 Å². The van der Waals surface area contributed by atoms with Crippen molar-refractivity contribution in [3.63, 3.8) is 0 Å². The Morgan fingerprint density at radius 2 is 1.25 bits per heavy atom. The van der Waals surface area contributed by atoms with Crippen molar-refractivity contribution in [2.45, 2.75) is 13.1 Å². The van der Waals surface area contributed by atoms with Gasteiger partial charge in [-0.25, -0.2) is 15.0 Å². The third-order valence-electron chi connectivity index (χ3n) is 11.0. The topological polar surface area (TPSA) is 66.9 Å². The Bertz CT molecular complexity index is 3190. The summed E-state index contributed by atoms with van der Waals surface area (Å²) in [5.41, 5.74) is 12.7. The summed E-state index contributed by atoms with van der Waals surface area (Å²) in [5, 5.41) is 7.04. The predicted molar refractivity (Wildman–Crippen MR) is 251 cm³/mol. The molecule has 0 aliphatic carbocycles. The lowest BCUT2D eigenvalue weighted by Gasteiger charge is -2.24. The van der Waals surface area contributed by atoms with Gasteiger partial charge in [-0.15, -0.1) is 0 Å². The zero-order valence-electron chi connectivity index (χ0n) is 33.1. The van der Waals surface area contributed by atoms with Crippen molar-refractivity contribution in [3.05, 3.63) is 224 Å². The van der Waals surface area contributed by atoms with Crippen LogP contribution in [0.25, 0.3) is 66.1 Å². The minimum atomic E-state index is -0.392. The average Bonchev–Trinajstić information content (AvgIpc) is 3.64. The summed E-state index contributed by atoms with van der Waals surface area (Å²) in [6, 6.07) is 61.7. The molecular weight excluding hydrogens is 733 g/mol. The number of fused-ring (bicyclic) bond motifs is 4. The molecule has 0 saturated carbocycles. The molecule has 1 atom stereocenters. The van der Waals surface area contributed by atoms with Gasteiger partial charge < -0.3 is 5.32 Å². The molecule has 9 aromatic rings. The molecule has 1 aliphatic rings. The number of aliphatic imine (C=N–C) groups is 3. The molecule has 6 nitrogen and oxygen atoms in total. The van der Waals surface area contributed by atoms with E-state index < -0.39 is 6.17 Å². The van der Waals surface area contributed by atoms with Gasteiger partial charge in [-0.1, -0.05) is 140 Å². The van der Waals surface area contributed by atoms with Gasteiger partial charge in [0, 0.05) is 45.2 Å². The summed E-state index contributed by atoms with van der Waals surface area (Å²) in [6.45, 7) is 5.96. The molecule has 60 heavy (non-hydrogen) atoms. The molecule has 2 aromatic heterocycles. The van der Waals surface area contributed by atoms with Crippen LogP contribution in [0.15, 0.2) is 222 Å². The van der Waals surface area contributed by atoms with Crippen molar-refractivity contribution in [3.8, 4) is 33.4 Å². The maximum absolute atomic E-state index is 5.26. The molecule has 3 heterocycles. The second-order valence-corrected chi connectivity index (χ2v) is 14.8. The van der Waals surface area contributed by atoms with Crippen LogP contribution in [-0.4, -0.2) is 27.1 Å². The van der Waals surface area contributed by atoms with Crippen LogP contribution in [0.4, 0.5) is 0 Å². The molecule has 1 N–H and O–H groups in total. The number of hydrogen-bond acceptors (Lipinski definition) is 5. The van der Waals surface area contributed by atoms with E-state index in [0.717, 1.165) is 94.5 Å². The van der Waals surface area contributed by atoms with E-state index >= 15 is 0 Å². The molecule has 0 bridgehead atoms. The molecule has 0 amide bonds. The quantitative estimate of drug-likeness (QED) is 0.123. The van der Waals surface area contributed by atoms with Crippen LogP contribution in [0.2, 0.25) is 0 Å². The normalized spacial score (nSPS) is 14.3. The number of rotatable bonds is 8. The fraction of sp³-hybridized carbons (Fsp3) is 0.0370. The Morgan fingerprint density at radius 3 is 1.95 bits per heavy atom. The van der Waals surface area contributed by atoms with Gasteiger partial charge in [-0.2, -0.15) is 0 Å². The zero-order valence-corrected chi connectivity index (χ0v) is 33.1. The number of benzene rings is 7. The van der Waals surface area contributed by atoms with Gasteiger partial charge in [-0.3, -0.25) is 9.55 Å². The molecule has 10 rings (SSSR count). The minimum absolute atomic E-state index is 0.392. The van der Waals surface area contributed by atoms with Gasteiger partial charge >= 0.3 is 0 Å². The predicted octanol–water partition coefficient (Wildman–Crippen LogP) is 12.8. The molecular formula is C54H40N6. The Kier molecular flexibility index (Phi) is 9.56. The van der Waals surface area contributed by atoms with E-state index in [1.165, 1.54) is 0 Å². The molecule has 0 saturated heterocycles. The molecule has 1 unspecified atom stereocenters. The third-order valence-corrected chi connectivity index (χ3v) is 11.0. The van der Waals surface area contributed by atoms with Crippen molar-refractivity contribution in [1.29, 1.82) is 0 Å². The first kappa shape index (κ1) is 36.4. The van der Waals surface area contributed by atoms with Crippen molar-refractivity contribution in [1.82, 2.24) is 14.9 Å². The molecule has 0 fully saturated rings. The first-order chi connectivity index (χ1) is 29.6. The van der Waals surface area contributed by atoms with Crippen LogP contribution in [0.1, 0.15) is 29.8 Å². The number of nitrogens with one attached hydrogen (secondary N) is 1. The summed E-state index contributed by atoms with van der Waals surface area (Å²) in [6.07, 6.45) is 7.12. The summed E-state index contributed by atoms with van der Waals surface area (Å²) in [4.78, 5) is 19.8. The number of aromatic nitrogens is 2. The summed E-state index contributed by atoms with van der Waals surface area (Å²) < 4.78 is 2.23. The molecule has 0 spiro atoms. The van der Waals surface area contributed by atoms with Crippen LogP contribution in [-0.2, 0) is 0 Å². The number of nitrogens with zero attached hydrogens (tertiary/aromatic N) is 5. The van der Waals surface area contributed by atoms with Crippen molar-refractivity contribution < 1.29 is 0 Å². The Hall–Kier alpha value is -7.96. The highest BCUT2D eigenvalue weighted by Crippen LogP contribution is 2.39. The van der Waals surface area contributed by atoms with E-state index in [-0.39, 0.29) is 0 Å². The standard InChI is InChI=1S/C54H40N6/c1-3-16-50(55-4-2)60-48-28-26-40(34-46(48)47-35-41(27-29-49(47)60)45-25-14-23-37-24-15-30-56-51(37)45)43-31-42(36-17-8-5-9-18-36)32-44(33-43)54-58-52(38-19-10-6-11-20-38)57-53(59-54)39-21-12-7-13-22-39/h3-35,54H,2H2,1H3,(H,57,58,59)/b16-3-,55-50?. The highest BCUT2D eigenvalue weighted by molar-refractivity contribution is 6.18. The van der Waals surface area contributed by atoms with Crippen molar-refractivity contribution in [2.24, 2.45) is 15.0 Å². The highest BCUT2D eigenvalue weighted by atomic mass is 15.2. The lowest BCUT2D eigenvalue weighted by Crippen LogP contribution is -2.33. The number of para-hydroxylation sites is 1. The maximum Gasteiger partial charge on any atom is 0.159 e. The van der Waals surface area contributed by atoms with Gasteiger partial charge in [0.2, 0.25) is 0 Å². The van der Waals surface area contributed by atoms with Crippen LogP contribution in [0.3, 0.4) is 0 Å². The first-order valence-corrected chi connectivity index (χ1v) is 20.1. The van der Waals surface area contributed by atoms with Gasteiger partial charge in [0.1, 0.15) is 17.8 Å². The van der Waals surface area contributed by atoms with Crippen LogP contribution in [0.5, 0.6) is 0 Å². The van der Waals surface area contributed by atoms with E-state index in [9.17, 15) is 0 Å². The fourth-order valence-electron chi connectivity index (χ4n) is 8.22. The lowest BCUT2D eigenvalue weighted by molar-refractivity contribution is 0.674. The molecule has 0 radical (unpaired) electrons. The summed E-state index contributed by atoms with van der Waals surface area (Å²) in [5.74, 6) is 2.26. The number of hydrogen-bond donors (Lipinski definition) is 1. The van der Waals surface area contributed by atoms with Crippen molar-refractivity contribution >= 4 is 50.2 Å².